The van der Waals surface area contributed by atoms with Crippen molar-refractivity contribution in [2.45, 2.75) is 19.4 Å². The van der Waals surface area contributed by atoms with Crippen molar-refractivity contribution in [1.29, 1.82) is 0 Å². The van der Waals surface area contributed by atoms with E-state index >= 15 is 0 Å². The summed E-state index contributed by atoms with van der Waals surface area (Å²) in [4.78, 5) is 12.4. The SMILES string of the molecule is Cc1c(Cl)cc2cc(C(=O)N[C@H]3CCNC3)n(I)c2c1F. The van der Waals surface area contributed by atoms with Crippen molar-refractivity contribution in [3.05, 3.63) is 34.2 Å². The van der Waals surface area contributed by atoms with Gasteiger partial charge in [0.25, 0.3) is 5.91 Å². The van der Waals surface area contributed by atoms with Crippen LogP contribution in [0.15, 0.2) is 12.1 Å². The summed E-state index contributed by atoms with van der Waals surface area (Å²) in [5, 5.41) is 7.16. The van der Waals surface area contributed by atoms with Gasteiger partial charge in [0.1, 0.15) is 5.69 Å². The van der Waals surface area contributed by atoms with Crippen molar-refractivity contribution in [1.82, 2.24) is 13.4 Å². The summed E-state index contributed by atoms with van der Waals surface area (Å²) in [6, 6.07) is 3.49. The molecule has 0 saturated carbocycles. The zero-order chi connectivity index (χ0) is 15.1. The lowest BCUT2D eigenvalue weighted by molar-refractivity contribution is 0.0935. The second-order valence-electron chi connectivity index (χ2n) is 5.21. The van der Waals surface area contributed by atoms with E-state index in [-0.39, 0.29) is 17.8 Å². The van der Waals surface area contributed by atoms with Crippen LogP contribution in [-0.4, -0.2) is 27.8 Å². The van der Waals surface area contributed by atoms with Gasteiger partial charge >= 0.3 is 0 Å². The van der Waals surface area contributed by atoms with Crippen LogP contribution in [0.25, 0.3) is 10.9 Å². The van der Waals surface area contributed by atoms with Gasteiger partial charge in [0.05, 0.1) is 28.4 Å². The van der Waals surface area contributed by atoms with Crippen LogP contribution in [0.2, 0.25) is 5.02 Å². The summed E-state index contributed by atoms with van der Waals surface area (Å²) >= 11 is 7.96. The van der Waals surface area contributed by atoms with Crippen molar-refractivity contribution in [3.8, 4) is 0 Å². The molecule has 1 saturated heterocycles. The number of hydrogen-bond donors (Lipinski definition) is 2. The highest BCUT2D eigenvalue weighted by atomic mass is 127. The first kappa shape index (κ1) is 15.1. The van der Waals surface area contributed by atoms with Crippen molar-refractivity contribution < 1.29 is 9.18 Å². The highest BCUT2D eigenvalue weighted by Gasteiger charge is 2.22. The number of carbonyl (C=O) groups is 1. The highest BCUT2D eigenvalue weighted by Crippen LogP contribution is 2.31. The maximum absolute atomic E-state index is 14.3. The van der Waals surface area contributed by atoms with E-state index in [1.54, 1.807) is 21.8 Å². The largest absolute Gasteiger partial charge is 0.347 e. The van der Waals surface area contributed by atoms with Crippen LogP contribution in [0.5, 0.6) is 0 Å². The van der Waals surface area contributed by atoms with Gasteiger partial charge in [0.2, 0.25) is 0 Å². The normalized spacial score (nSPS) is 18.4. The topological polar surface area (TPSA) is 46.1 Å². The molecule has 1 amide bonds. The predicted molar refractivity (Wildman–Crippen MR) is 89.8 cm³/mol. The predicted octanol–water partition coefficient (Wildman–Crippen LogP) is 3.03. The second kappa shape index (κ2) is 5.73. The van der Waals surface area contributed by atoms with Crippen LogP contribution in [-0.2, 0) is 0 Å². The minimum Gasteiger partial charge on any atom is -0.347 e. The number of fused-ring (bicyclic) bond motifs is 1. The first-order valence-electron chi connectivity index (χ1n) is 6.67. The number of hydrogen-bond acceptors (Lipinski definition) is 2. The molecule has 0 radical (unpaired) electrons. The molecule has 3 rings (SSSR count). The van der Waals surface area contributed by atoms with Crippen LogP contribution in [0.4, 0.5) is 4.39 Å². The van der Waals surface area contributed by atoms with Crippen molar-refractivity contribution >= 4 is 51.3 Å². The molecule has 0 unspecified atom stereocenters. The molecule has 21 heavy (non-hydrogen) atoms. The van der Waals surface area contributed by atoms with E-state index in [0.717, 1.165) is 19.5 Å². The average molecular weight is 422 g/mol. The molecule has 1 atom stereocenters. The molecule has 1 aliphatic heterocycles. The molecule has 0 bridgehead atoms. The third-order valence-corrected chi connectivity index (χ3v) is 5.17. The maximum Gasteiger partial charge on any atom is 0.268 e. The highest BCUT2D eigenvalue weighted by molar-refractivity contribution is 14.1. The monoisotopic (exact) mass is 421 g/mol. The number of rotatable bonds is 2. The Labute approximate surface area is 140 Å². The van der Waals surface area contributed by atoms with E-state index < -0.39 is 0 Å². The first-order valence-corrected chi connectivity index (χ1v) is 8.01. The number of nitrogens with one attached hydrogen (secondary N) is 2. The van der Waals surface area contributed by atoms with Crippen molar-refractivity contribution in [3.63, 3.8) is 0 Å². The lowest BCUT2D eigenvalue weighted by Crippen LogP contribution is -2.36. The Morgan fingerprint density at radius 1 is 1.57 bits per heavy atom. The van der Waals surface area contributed by atoms with Gasteiger partial charge in [0.15, 0.2) is 5.82 Å². The zero-order valence-corrected chi connectivity index (χ0v) is 14.3. The maximum atomic E-state index is 14.3. The lowest BCUT2D eigenvalue weighted by atomic mass is 10.1. The Kier molecular flexibility index (Phi) is 4.11. The summed E-state index contributed by atoms with van der Waals surface area (Å²) < 4.78 is 15.9. The van der Waals surface area contributed by atoms with Gasteiger partial charge in [-0.15, -0.1) is 0 Å². The van der Waals surface area contributed by atoms with Crippen molar-refractivity contribution in [2.75, 3.05) is 13.1 Å². The molecule has 4 nitrogen and oxygen atoms in total. The molecule has 2 heterocycles. The van der Waals surface area contributed by atoms with Crippen LogP contribution < -0.4 is 10.6 Å². The lowest BCUT2D eigenvalue weighted by Gasteiger charge is -2.11. The number of carbonyl (C=O) groups excluding carboxylic acids is 1. The minimum absolute atomic E-state index is 0.127. The molecule has 7 heteroatoms. The number of nitrogens with zero attached hydrogens (tertiary/aromatic N) is 1. The van der Waals surface area contributed by atoms with Gasteiger partial charge in [-0.1, -0.05) is 11.6 Å². The Bertz CT molecular complexity index is 725. The van der Waals surface area contributed by atoms with Crippen molar-refractivity contribution in [2.24, 2.45) is 0 Å². The van der Waals surface area contributed by atoms with Crippen LogP contribution in [0, 0.1) is 12.7 Å². The summed E-state index contributed by atoms with van der Waals surface area (Å²) in [6.45, 7) is 3.30. The van der Waals surface area contributed by atoms with E-state index in [1.807, 2.05) is 22.9 Å². The summed E-state index contributed by atoms with van der Waals surface area (Å²) in [6.07, 6.45) is 0.909. The fourth-order valence-electron chi connectivity index (χ4n) is 2.55. The Balaban J connectivity index is 2.01. The summed E-state index contributed by atoms with van der Waals surface area (Å²) in [5.41, 5.74) is 1.22. The van der Waals surface area contributed by atoms with E-state index in [0.29, 0.717) is 27.2 Å². The summed E-state index contributed by atoms with van der Waals surface area (Å²) in [7, 11) is 0. The van der Waals surface area contributed by atoms with E-state index in [9.17, 15) is 9.18 Å². The van der Waals surface area contributed by atoms with Crippen LogP contribution >= 0.6 is 34.5 Å². The van der Waals surface area contributed by atoms with Gasteiger partial charge in [-0.25, -0.2) is 4.39 Å². The smallest absolute Gasteiger partial charge is 0.268 e. The quantitative estimate of drug-likeness (QED) is 0.732. The molecule has 112 valence electrons. The fraction of sp³-hybridized carbons (Fsp3) is 0.357. The third kappa shape index (κ3) is 2.64. The van der Waals surface area contributed by atoms with Gasteiger partial charge in [-0.3, -0.25) is 7.58 Å². The van der Waals surface area contributed by atoms with Crippen LogP contribution in [0.1, 0.15) is 22.5 Å². The Hall–Kier alpha value is -0.860. The standard InChI is InChI=1S/C14H14ClFIN3O/c1-7-10(15)4-8-5-11(20(17)13(8)12(7)16)14(21)19-9-2-3-18-6-9/h4-5,9,18H,2-3,6H2,1H3,(H,19,21)/t9-/m0/s1. The number of aromatic nitrogens is 1. The summed E-state index contributed by atoms with van der Waals surface area (Å²) in [5.74, 6) is -0.573. The third-order valence-electron chi connectivity index (χ3n) is 3.78. The van der Waals surface area contributed by atoms with Gasteiger partial charge in [-0.2, -0.15) is 0 Å². The second-order valence-corrected chi connectivity index (χ2v) is 6.58. The molecule has 1 aromatic carbocycles. The number of benzene rings is 1. The molecule has 1 aromatic heterocycles. The average Bonchev–Trinajstić information content (AvgIpc) is 3.04. The van der Waals surface area contributed by atoms with Gasteiger partial charge in [0, 0.05) is 28.6 Å². The molecular formula is C14H14ClFIN3O. The fourth-order valence-corrected chi connectivity index (χ4v) is 3.60. The number of halogens is 3. The Morgan fingerprint density at radius 2 is 2.33 bits per heavy atom. The molecule has 1 aliphatic rings. The van der Waals surface area contributed by atoms with E-state index in [4.69, 9.17) is 11.6 Å². The molecule has 2 aromatic rings. The van der Waals surface area contributed by atoms with Gasteiger partial charge in [-0.05, 0) is 32.0 Å². The first-order chi connectivity index (χ1) is 9.99. The van der Waals surface area contributed by atoms with Gasteiger partial charge < -0.3 is 10.6 Å². The molecule has 2 N–H and O–H groups in total. The Morgan fingerprint density at radius 3 is 3.00 bits per heavy atom. The molecule has 1 fully saturated rings. The molecule has 0 aliphatic carbocycles. The van der Waals surface area contributed by atoms with E-state index in [2.05, 4.69) is 10.6 Å². The molecular weight excluding hydrogens is 408 g/mol. The molecule has 0 spiro atoms. The minimum atomic E-state index is -0.381. The van der Waals surface area contributed by atoms with Crippen LogP contribution in [0.3, 0.4) is 0 Å². The number of amides is 1. The zero-order valence-electron chi connectivity index (χ0n) is 11.3. The van der Waals surface area contributed by atoms with E-state index in [1.165, 1.54) is 0 Å².